The monoisotopic (exact) mass is 510 g/mol. The van der Waals surface area contributed by atoms with Gasteiger partial charge in [0.15, 0.2) is 0 Å². The predicted octanol–water partition coefficient (Wildman–Crippen LogP) is 7.04. The molecule has 192 valence electrons. The molecule has 0 amide bonds. The zero-order valence-electron chi connectivity index (χ0n) is 22.1. The summed E-state index contributed by atoms with van der Waals surface area (Å²) in [6, 6.07) is 10.1. The summed E-state index contributed by atoms with van der Waals surface area (Å²) in [4.78, 5) is 16.0. The van der Waals surface area contributed by atoms with Crippen molar-refractivity contribution in [3.05, 3.63) is 64.4 Å². The van der Waals surface area contributed by atoms with Crippen molar-refractivity contribution in [2.24, 2.45) is 0 Å². The summed E-state index contributed by atoms with van der Waals surface area (Å²) in [5, 5.41) is 3.00. The van der Waals surface area contributed by atoms with Gasteiger partial charge in [0.25, 0.3) is 0 Å². The molecule has 2 aromatic carbocycles. The Morgan fingerprint density at radius 3 is 2.56 bits per heavy atom. The van der Waals surface area contributed by atoms with E-state index in [0.29, 0.717) is 11.6 Å². The van der Waals surface area contributed by atoms with Crippen LogP contribution in [0.4, 0.5) is 0 Å². The third-order valence-electron chi connectivity index (χ3n) is 6.63. The van der Waals surface area contributed by atoms with Gasteiger partial charge in [0.05, 0.1) is 24.2 Å². The Morgan fingerprint density at radius 1 is 1.08 bits per heavy atom. The molecule has 0 aliphatic carbocycles. The van der Waals surface area contributed by atoms with Gasteiger partial charge in [-0.3, -0.25) is 4.79 Å². The summed E-state index contributed by atoms with van der Waals surface area (Å²) in [7, 11) is 1.65. The van der Waals surface area contributed by atoms with Crippen LogP contribution in [0.3, 0.4) is 0 Å². The second-order valence-corrected chi connectivity index (χ2v) is 11.1. The number of benzene rings is 2. The fraction of sp³-hybridized carbons (Fsp3) is 0.414. The second-order valence-electron chi connectivity index (χ2n) is 10.7. The van der Waals surface area contributed by atoms with Crippen molar-refractivity contribution in [3.63, 3.8) is 0 Å². The molecule has 4 aromatic rings. The molecule has 36 heavy (non-hydrogen) atoms. The molecule has 2 heterocycles. The SMILES string of the molecule is COC(C)(C)COC(C)(C)CC(=O)OCc1ccn(-c2cc(C)c3[nH]c4ccc(Cl)cc4c3c2C)c1. The number of carbonyl (C=O) groups is 1. The van der Waals surface area contributed by atoms with E-state index in [1.165, 1.54) is 5.39 Å². The minimum Gasteiger partial charge on any atom is -0.461 e. The van der Waals surface area contributed by atoms with Crippen LogP contribution in [0.25, 0.3) is 27.5 Å². The quantitative estimate of drug-likeness (QED) is 0.245. The van der Waals surface area contributed by atoms with Gasteiger partial charge in [0.1, 0.15) is 6.61 Å². The van der Waals surface area contributed by atoms with Gasteiger partial charge in [0, 0.05) is 57.6 Å². The van der Waals surface area contributed by atoms with Gasteiger partial charge in [-0.05, 0) is 83.0 Å². The minimum absolute atomic E-state index is 0.158. The maximum Gasteiger partial charge on any atom is 0.309 e. The Hall–Kier alpha value is -2.80. The van der Waals surface area contributed by atoms with E-state index in [1.807, 2.05) is 64.4 Å². The van der Waals surface area contributed by atoms with Crippen LogP contribution in [-0.4, -0.2) is 40.4 Å². The van der Waals surface area contributed by atoms with Crippen LogP contribution in [0.1, 0.15) is 50.8 Å². The Labute approximate surface area is 217 Å². The molecule has 0 saturated carbocycles. The smallest absolute Gasteiger partial charge is 0.309 e. The number of rotatable bonds is 9. The molecule has 0 radical (unpaired) electrons. The molecule has 0 aliphatic heterocycles. The van der Waals surface area contributed by atoms with E-state index in [4.69, 9.17) is 25.8 Å². The summed E-state index contributed by atoms with van der Waals surface area (Å²) in [6.07, 6.45) is 4.16. The molecule has 2 aromatic heterocycles. The number of halogens is 1. The molecule has 0 fully saturated rings. The molecule has 1 N–H and O–H groups in total. The lowest BCUT2D eigenvalue weighted by molar-refractivity contribution is -0.156. The van der Waals surface area contributed by atoms with Crippen molar-refractivity contribution in [1.82, 2.24) is 9.55 Å². The number of aryl methyl sites for hydroxylation is 2. The highest BCUT2D eigenvalue weighted by molar-refractivity contribution is 6.32. The topological polar surface area (TPSA) is 65.5 Å². The normalized spacial score (nSPS) is 12.6. The molecule has 7 heteroatoms. The number of hydrogen-bond acceptors (Lipinski definition) is 4. The average molecular weight is 511 g/mol. The van der Waals surface area contributed by atoms with Crippen LogP contribution >= 0.6 is 11.6 Å². The number of ether oxygens (including phenoxy) is 3. The average Bonchev–Trinajstić information content (AvgIpc) is 3.44. The zero-order valence-corrected chi connectivity index (χ0v) is 22.9. The van der Waals surface area contributed by atoms with E-state index >= 15 is 0 Å². The minimum atomic E-state index is -0.648. The molecule has 6 nitrogen and oxygen atoms in total. The van der Waals surface area contributed by atoms with E-state index in [2.05, 4.69) is 29.5 Å². The Balaban J connectivity index is 1.48. The first-order valence-electron chi connectivity index (χ1n) is 12.1. The van der Waals surface area contributed by atoms with Crippen LogP contribution < -0.4 is 0 Å². The molecular formula is C29H35ClN2O4. The number of hydrogen-bond donors (Lipinski definition) is 1. The fourth-order valence-electron chi connectivity index (χ4n) is 4.35. The summed E-state index contributed by atoms with van der Waals surface area (Å²) in [5.41, 5.74) is 5.42. The lowest BCUT2D eigenvalue weighted by Gasteiger charge is -2.30. The zero-order chi connectivity index (χ0) is 26.3. The maximum atomic E-state index is 12.5. The Bertz CT molecular complexity index is 1410. The van der Waals surface area contributed by atoms with Crippen molar-refractivity contribution < 1.29 is 19.0 Å². The van der Waals surface area contributed by atoms with Gasteiger partial charge in [-0.1, -0.05) is 11.6 Å². The number of esters is 1. The van der Waals surface area contributed by atoms with E-state index in [9.17, 15) is 4.79 Å². The van der Waals surface area contributed by atoms with Crippen molar-refractivity contribution >= 4 is 39.4 Å². The van der Waals surface area contributed by atoms with Crippen LogP contribution in [0.2, 0.25) is 5.02 Å². The van der Waals surface area contributed by atoms with Gasteiger partial charge in [-0.15, -0.1) is 0 Å². The van der Waals surface area contributed by atoms with E-state index < -0.39 is 11.2 Å². The molecule has 0 atom stereocenters. The Kier molecular flexibility index (Phi) is 7.24. The van der Waals surface area contributed by atoms with Crippen molar-refractivity contribution in [2.75, 3.05) is 13.7 Å². The summed E-state index contributed by atoms with van der Waals surface area (Å²) in [5.74, 6) is -0.299. The van der Waals surface area contributed by atoms with Gasteiger partial charge in [-0.2, -0.15) is 0 Å². The van der Waals surface area contributed by atoms with Gasteiger partial charge in [-0.25, -0.2) is 0 Å². The number of fused-ring (bicyclic) bond motifs is 3. The lowest BCUT2D eigenvalue weighted by Crippen LogP contribution is -2.37. The predicted molar refractivity (Wildman–Crippen MR) is 145 cm³/mol. The number of methoxy groups -OCH3 is 1. The first kappa shape index (κ1) is 26.3. The number of nitrogens with zero attached hydrogens (tertiary/aromatic N) is 1. The maximum absolute atomic E-state index is 12.5. The molecule has 0 bridgehead atoms. The standard InChI is InChI=1S/C29H35ClN2O4/c1-18-12-24(19(2)26-22-13-21(30)8-9-23(22)31-27(18)26)32-11-10-20(15-32)16-35-25(33)14-28(3,4)36-17-29(5,6)34-7/h8-13,15,31H,14,16-17H2,1-7H3. The number of nitrogens with one attached hydrogen (secondary N) is 1. The molecule has 0 unspecified atom stereocenters. The molecule has 0 aliphatic rings. The Morgan fingerprint density at radius 2 is 1.83 bits per heavy atom. The van der Waals surface area contributed by atoms with Crippen molar-refractivity contribution in [1.29, 1.82) is 0 Å². The van der Waals surface area contributed by atoms with Crippen LogP contribution in [-0.2, 0) is 25.6 Å². The molecular weight excluding hydrogens is 476 g/mol. The lowest BCUT2D eigenvalue weighted by atomic mass is 10.0. The highest BCUT2D eigenvalue weighted by atomic mass is 35.5. The van der Waals surface area contributed by atoms with Crippen molar-refractivity contribution in [3.8, 4) is 5.69 Å². The second kappa shape index (κ2) is 9.92. The highest BCUT2D eigenvalue weighted by Crippen LogP contribution is 2.35. The first-order chi connectivity index (χ1) is 16.9. The summed E-state index contributed by atoms with van der Waals surface area (Å²) < 4.78 is 19.0. The largest absolute Gasteiger partial charge is 0.461 e. The van der Waals surface area contributed by atoms with Gasteiger partial charge < -0.3 is 23.8 Å². The first-order valence-corrected chi connectivity index (χ1v) is 12.5. The van der Waals surface area contributed by atoms with Crippen LogP contribution in [0.15, 0.2) is 42.7 Å². The molecule has 4 rings (SSSR count). The van der Waals surface area contributed by atoms with Crippen molar-refractivity contribution in [2.45, 2.75) is 65.8 Å². The van der Waals surface area contributed by atoms with E-state index in [-0.39, 0.29) is 19.0 Å². The van der Waals surface area contributed by atoms with Gasteiger partial charge in [0.2, 0.25) is 0 Å². The number of H-pyrrole nitrogens is 1. The third-order valence-corrected chi connectivity index (χ3v) is 6.87. The highest BCUT2D eigenvalue weighted by Gasteiger charge is 2.28. The van der Waals surface area contributed by atoms with E-state index in [0.717, 1.165) is 38.8 Å². The van der Waals surface area contributed by atoms with Gasteiger partial charge >= 0.3 is 5.97 Å². The summed E-state index contributed by atoms with van der Waals surface area (Å²) >= 11 is 6.30. The fourth-order valence-corrected chi connectivity index (χ4v) is 4.52. The van der Waals surface area contributed by atoms with E-state index in [1.54, 1.807) is 7.11 Å². The summed E-state index contributed by atoms with van der Waals surface area (Å²) in [6.45, 7) is 12.5. The number of carbonyl (C=O) groups excluding carboxylic acids is 1. The third kappa shape index (κ3) is 5.61. The number of aromatic amines is 1. The molecule has 0 spiro atoms. The van der Waals surface area contributed by atoms with Crippen LogP contribution in [0, 0.1) is 13.8 Å². The number of aromatic nitrogens is 2. The molecule has 0 saturated heterocycles. The van der Waals surface area contributed by atoms with Crippen LogP contribution in [0.5, 0.6) is 0 Å².